The van der Waals surface area contributed by atoms with Gasteiger partial charge in [0.1, 0.15) is 29.9 Å². The summed E-state index contributed by atoms with van der Waals surface area (Å²) < 4.78 is 43.4. The van der Waals surface area contributed by atoms with E-state index in [9.17, 15) is 5.11 Å². The van der Waals surface area contributed by atoms with Gasteiger partial charge in [-0.2, -0.15) is 9.97 Å². The zero-order valence-electron chi connectivity index (χ0n) is 26.2. The molecule has 244 valence electrons. The number of aromatic nitrogens is 2. The highest BCUT2D eigenvalue weighted by Crippen LogP contribution is 2.38. The van der Waals surface area contributed by atoms with E-state index < -0.39 is 12.0 Å². The summed E-state index contributed by atoms with van der Waals surface area (Å²) in [4.78, 5) is 13.5. The van der Waals surface area contributed by atoms with Crippen LogP contribution in [0, 0.1) is 12.7 Å². The van der Waals surface area contributed by atoms with Gasteiger partial charge in [-0.05, 0) is 74.4 Å². The molecule has 11 heteroatoms. The molecule has 2 N–H and O–H groups in total. The maximum absolute atomic E-state index is 16.5. The lowest BCUT2D eigenvalue weighted by Gasteiger charge is -2.35. The second-order valence-corrected chi connectivity index (χ2v) is 13.5. The number of ether oxygens (including phenoxy) is 2. The Bertz CT molecular complexity index is 1660. The molecular formula is C35H40ClF2N5O3. The number of alkyl halides is 1. The number of aryl methyl sites for hydroxylation is 1. The molecule has 4 fully saturated rings. The normalized spacial score (nSPS) is 25.8. The fourth-order valence-corrected chi connectivity index (χ4v) is 7.84. The first kappa shape index (κ1) is 31.3. The van der Waals surface area contributed by atoms with Crippen molar-refractivity contribution in [3.05, 3.63) is 69.7 Å². The number of nitrogens with one attached hydrogen (secondary N) is 1. The Labute approximate surface area is 273 Å². The number of hydrogen-bond donors (Lipinski definition) is 2. The second-order valence-electron chi connectivity index (χ2n) is 13.1. The zero-order chi connectivity index (χ0) is 31.9. The minimum absolute atomic E-state index is 0.0336. The van der Waals surface area contributed by atoms with Gasteiger partial charge in [0, 0.05) is 54.8 Å². The van der Waals surface area contributed by atoms with Gasteiger partial charge >= 0.3 is 6.01 Å². The van der Waals surface area contributed by atoms with Crippen molar-refractivity contribution in [2.45, 2.75) is 69.9 Å². The molecule has 4 bridgehead atoms. The molecule has 4 saturated heterocycles. The Hall–Kier alpha value is -3.31. The molecule has 0 aliphatic carbocycles. The third kappa shape index (κ3) is 6.32. The first-order chi connectivity index (χ1) is 22.2. The van der Waals surface area contributed by atoms with Gasteiger partial charge in [0.2, 0.25) is 0 Å². The van der Waals surface area contributed by atoms with E-state index in [1.165, 1.54) is 6.08 Å². The van der Waals surface area contributed by atoms with Crippen LogP contribution < -0.4 is 15.0 Å². The standard InChI is InChI=1S/C35H40ClF2N5O3/c1-20-5-3-4-6-22(20)12-28(44)11-21(2)31-30(36)13-29-33(32(31)38)40-35(41-34(29)42-15-24-7-8-25(16-42)39-24)46-17-23(37)14-43-26-9-10-27(43)19-45-18-26/h3-6,11-13,23-27,39,44H,7-10,14-19H2,1-2H3/b21-11+,28-12+. The summed E-state index contributed by atoms with van der Waals surface area (Å²) in [6.07, 6.45) is 6.00. The van der Waals surface area contributed by atoms with Crippen molar-refractivity contribution in [1.29, 1.82) is 0 Å². The summed E-state index contributed by atoms with van der Waals surface area (Å²) in [7, 11) is 0. The predicted molar refractivity (Wildman–Crippen MR) is 177 cm³/mol. The van der Waals surface area contributed by atoms with Crippen LogP contribution in [0.2, 0.25) is 5.02 Å². The van der Waals surface area contributed by atoms with Crippen molar-refractivity contribution < 1.29 is 23.4 Å². The van der Waals surface area contributed by atoms with Gasteiger partial charge in [-0.1, -0.05) is 35.9 Å². The van der Waals surface area contributed by atoms with E-state index in [1.54, 1.807) is 19.1 Å². The van der Waals surface area contributed by atoms with Crippen LogP contribution in [0.15, 0.2) is 42.2 Å². The highest BCUT2D eigenvalue weighted by molar-refractivity contribution is 6.33. The maximum atomic E-state index is 16.5. The number of aliphatic hydroxyl groups excluding tert-OH is 1. The Balaban J connectivity index is 1.21. The molecule has 4 aliphatic heterocycles. The molecule has 8 nitrogen and oxygen atoms in total. The lowest BCUT2D eigenvalue weighted by atomic mass is 10.0. The van der Waals surface area contributed by atoms with Crippen molar-refractivity contribution in [1.82, 2.24) is 20.2 Å². The fraction of sp³-hybridized carbons (Fsp3) is 0.486. The monoisotopic (exact) mass is 651 g/mol. The van der Waals surface area contributed by atoms with Gasteiger partial charge in [0.25, 0.3) is 0 Å². The number of fused-ring (bicyclic) bond motifs is 5. The number of nitrogens with zero attached hydrogens (tertiary/aromatic N) is 4. The van der Waals surface area contributed by atoms with Gasteiger partial charge in [-0.15, -0.1) is 0 Å². The summed E-state index contributed by atoms with van der Waals surface area (Å²) in [5.41, 5.74) is 2.45. The summed E-state index contributed by atoms with van der Waals surface area (Å²) >= 11 is 6.75. The number of hydrogen-bond acceptors (Lipinski definition) is 8. The number of aliphatic hydroxyl groups is 1. The van der Waals surface area contributed by atoms with E-state index in [0.717, 1.165) is 36.8 Å². The molecule has 1 aromatic heterocycles. The molecule has 2 aromatic carbocycles. The third-order valence-corrected chi connectivity index (χ3v) is 10.1. The topological polar surface area (TPSA) is 83.0 Å². The second kappa shape index (κ2) is 13.1. The van der Waals surface area contributed by atoms with Crippen LogP contribution in [-0.4, -0.2) is 89.8 Å². The Kier molecular flexibility index (Phi) is 8.89. The maximum Gasteiger partial charge on any atom is 0.319 e. The average Bonchev–Trinajstić information content (AvgIpc) is 3.46. The van der Waals surface area contributed by atoms with E-state index in [4.69, 9.17) is 26.1 Å². The highest BCUT2D eigenvalue weighted by atomic mass is 35.5. The first-order valence-electron chi connectivity index (χ1n) is 16.2. The predicted octanol–water partition coefficient (Wildman–Crippen LogP) is 6.25. The van der Waals surface area contributed by atoms with Gasteiger partial charge in [0.05, 0.1) is 18.2 Å². The van der Waals surface area contributed by atoms with Crippen LogP contribution >= 0.6 is 11.6 Å². The lowest BCUT2D eigenvalue weighted by Crippen LogP contribution is -2.51. The third-order valence-electron chi connectivity index (χ3n) is 9.80. The Morgan fingerprint density at radius 3 is 2.59 bits per heavy atom. The molecule has 46 heavy (non-hydrogen) atoms. The van der Waals surface area contributed by atoms with Crippen molar-refractivity contribution in [3.8, 4) is 6.01 Å². The van der Waals surface area contributed by atoms with E-state index >= 15 is 8.78 Å². The van der Waals surface area contributed by atoms with Gasteiger partial charge < -0.3 is 24.8 Å². The molecule has 5 unspecified atom stereocenters. The van der Waals surface area contributed by atoms with Crippen LogP contribution in [0.5, 0.6) is 6.01 Å². The van der Waals surface area contributed by atoms with E-state index in [-0.39, 0.29) is 53.1 Å². The molecule has 0 saturated carbocycles. The number of rotatable bonds is 9. The molecule has 0 amide bonds. The van der Waals surface area contributed by atoms with Gasteiger partial charge in [-0.3, -0.25) is 4.90 Å². The van der Waals surface area contributed by atoms with E-state index in [2.05, 4.69) is 20.1 Å². The van der Waals surface area contributed by atoms with Crippen LogP contribution in [0.1, 0.15) is 49.3 Å². The van der Waals surface area contributed by atoms with Crippen LogP contribution in [0.4, 0.5) is 14.6 Å². The number of piperazine rings is 1. The summed E-state index contributed by atoms with van der Waals surface area (Å²) in [5, 5.41) is 15.0. The first-order valence-corrected chi connectivity index (χ1v) is 16.6. The zero-order valence-corrected chi connectivity index (χ0v) is 26.9. The fourth-order valence-electron chi connectivity index (χ4n) is 7.50. The number of benzene rings is 2. The number of morpholine rings is 1. The van der Waals surface area contributed by atoms with Crippen molar-refractivity contribution in [2.75, 3.05) is 44.4 Å². The highest BCUT2D eigenvalue weighted by Gasteiger charge is 2.39. The summed E-state index contributed by atoms with van der Waals surface area (Å²) in [6.45, 7) is 6.31. The molecule has 0 radical (unpaired) electrons. The average molecular weight is 652 g/mol. The van der Waals surface area contributed by atoms with Gasteiger partial charge in [-0.25, -0.2) is 8.78 Å². The van der Waals surface area contributed by atoms with Crippen LogP contribution in [-0.2, 0) is 4.74 Å². The lowest BCUT2D eigenvalue weighted by molar-refractivity contribution is -0.0276. The minimum Gasteiger partial charge on any atom is -0.508 e. The molecule has 4 aliphatic rings. The quantitative estimate of drug-likeness (QED) is 0.208. The Morgan fingerprint density at radius 2 is 1.87 bits per heavy atom. The molecule has 5 atom stereocenters. The van der Waals surface area contributed by atoms with Crippen LogP contribution in [0.3, 0.4) is 0 Å². The molecular weight excluding hydrogens is 612 g/mol. The summed E-state index contributed by atoms with van der Waals surface area (Å²) in [5.74, 6) is -0.154. The minimum atomic E-state index is -1.27. The molecule has 0 spiro atoms. The molecule has 3 aromatic rings. The summed E-state index contributed by atoms with van der Waals surface area (Å²) in [6, 6.07) is 10.4. The SMILES string of the molecule is C/C(=C\C(O)=C/c1ccccc1C)c1c(Cl)cc2c(N3CC4CCC(C3)N4)nc(OCC(F)CN3C4CCC3COC4)nc2c1F. The van der Waals surface area contributed by atoms with Crippen molar-refractivity contribution in [2.24, 2.45) is 0 Å². The molecule has 7 rings (SSSR count). The van der Waals surface area contributed by atoms with Crippen LogP contribution in [0.25, 0.3) is 22.6 Å². The smallest absolute Gasteiger partial charge is 0.319 e. The van der Waals surface area contributed by atoms with Gasteiger partial charge in [0.15, 0.2) is 5.82 Å². The number of halogens is 3. The van der Waals surface area contributed by atoms with E-state index in [0.29, 0.717) is 55.2 Å². The van der Waals surface area contributed by atoms with E-state index in [1.807, 2.05) is 31.2 Å². The largest absolute Gasteiger partial charge is 0.508 e. The number of allylic oxidation sites excluding steroid dienone is 2. The number of anilines is 1. The van der Waals surface area contributed by atoms with Crippen molar-refractivity contribution in [3.63, 3.8) is 0 Å². The van der Waals surface area contributed by atoms with Crippen molar-refractivity contribution >= 4 is 40.0 Å². The Morgan fingerprint density at radius 1 is 1.15 bits per heavy atom. The molecule has 5 heterocycles.